The van der Waals surface area contributed by atoms with Crippen molar-refractivity contribution >= 4 is 11.4 Å². The van der Waals surface area contributed by atoms with Crippen molar-refractivity contribution in [3.63, 3.8) is 0 Å². The molecule has 2 heterocycles. The smallest absolute Gasteiger partial charge is 0.293 e. The van der Waals surface area contributed by atoms with Gasteiger partial charge in [0.25, 0.3) is 5.56 Å². The molecule has 0 radical (unpaired) electrons. The summed E-state index contributed by atoms with van der Waals surface area (Å²) < 4.78 is 2.64. The van der Waals surface area contributed by atoms with Crippen molar-refractivity contribution in [1.82, 2.24) is 24.7 Å². The first-order chi connectivity index (χ1) is 12.2. The van der Waals surface area contributed by atoms with Crippen LogP contribution in [0.5, 0.6) is 0 Å². The fraction of sp³-hybridized carbons (Fsp3) is 0.333. The molecule has 2 aromatic heterocycles. The second kappa shape index (κ2) is 6.51. The van der Waals surface area contributed by atoms with Crippen LogP contribution in [-0.4, -0.2) is 31.3 Å². The van der Waals surface area contributed by atoms with E-state index in [0.717, 1.165) is 31.2 Å². The number of benzene rings is 1. The molecule has 0 atom stereocenters. The van der Waals surface area contributed by atoms with Gasteiger partial charge in [0.05, 0.1) is 5.69 Å². The van der Waals surface area contributed by atoms with Crippen LogP contribution in [0.2, 0.25) is 0 Å². The Morgan fingerprint density at radius 2 is 1.96 bits per heavy atom. The number of fused-ring (bicyclic) bond motifs is 1. The number of carbonyl (C=O) groups excluding carboxylic acids is 1. The quantitative estimate of drug-likeness (QED) is 0.784. The van der Waals surface area contributed by atoms with Crippen LogP contribution >= 0.6 is 0 Å². The predicted molar refractivity (Wildman–Crippen MR) is 93.1 cm³/mol. The molecule has 0 spiro atoms. The minimum Gasteiger partial charge on any atom is -0.352 e. The molecule has 1 aliphatic carbocycles. The summed E-state index contributed by atoms with van der Waals surface area (Å²) in [5, 5.41) is 11.4. The van der Waals surface area contributed by atoms with Gasteiger partial charge < -0.3 is 5.32 Å². The Balaban J connectivity index is 1.59. The summed E-state index contributed by atoms with van der Waals surface area (Å²) in [5.41, 5.74) is 1.71. The van der Waals surface area contributed by atoms with Gasteiger partial charge in [-0.3, -0.25) is 9.59 Å². The van der Waals surface area contributed by atoms with E-state index in [1.807, 2.05) is 30.3 Å². The summed E-state index contributed by atoms with van der Waals surface area (Å²) >= 11 is 0. The topological polar surface area (TPSA) is 81.3 Å². The van der Waals surface area contributed by atoms with Crippen LogP contribution < -0.4 is 10.9 Å². The molecular formula is C18H19N5O2. The van der Waals surface area contributed by atoms with Crippen LogP contribution in [-0.2, 0) is 11.3 Å². The Kier molecular flexibility index (Phi) is 4.05. The first-order valence-corrected chi connectivity index (χ1v) is 8.51. The Bertz CT molecular complexity index is 955. The second-order valence-electron chi connectivity index (χ2n) is 6.37. The molecule has 1 fully saturated rings. The number of rotatable bonds is 4. The van der Waals surface area contributed by atoms with Crippen molar-refractivity contribution in [1.29, 1.82) is 0 Å². The minimum atomic E-state index is -0.321. The summed E-state index contributed by atoms with van der Waals surface area (Å²) in [6, 6.07) is 11.6. The molecule has 7 nitrogen and oxygen atoms in total. The summed E-state index contributed by atoms with van der Waals surface area (Å²) in [4.78, 5) is 24.8. The summed E-state index contributed by atoms with van der Waals surface area (Å²) in [5.74, 6) is -0.173. The first-order valence-electron chi connectivity index (χ1n) is 8.51. The number of nitrogens with one attached hydrogen (secondary N) is 1. The fourth-order valence-corrected chi connectivity index (χ4v) is 3.28. The van der Waals surface area contributed by atoms with Crippen molar-refractivity contribution in [2.24, 2.45) is 0 Å². The van der Waals surface area contributed by atoms with Gasteiger partial charge in [-0.2, -0.15) is 10.2 Å². The molecule has 7 heteroatoms. The molecule has 0 aliphatic heterocycles. The highest BCUT2D eigenvalue weighted by molar-refractivity contribution is 5.76. The van der Waals surface area contributed by atoms with E-state index < -0.39 is 0 Å². The average Bonchev–Trinajstić information content (AvgIpc) is 3.28. The third kappa shape index (κ3) is 3.17. The molecule has 25 heavy (non-hydrogen) atoms. The number of nitrogens with zero attached hydrogens (tertiary/aromatic N) is 4. The van der Waals surface area contributed by atoms with Gasteiger partial charge in [0, 0.05) is 11.6 Å². The molecular weight excluding hydrogens is 318 g/mol. The zero-order valence-corrected chi connectivity index (χ0v) is 13.8. The Morgan fingerprint density at radius 1 is 1.20 bits per heavy atom. The lowest BCUT2D eigenvalue weighted by Gasteiger charge is -2.12. The molecule has 128 valence electrons. The lowest BCUT2D eigenvalue weighted by atomic mass is 10.1. The Hall–Kier alpha value is -2.96. The Labute approximate surface area is 144 Å². The minimum absolute atomic E-state index is 0.0717. The summed E-state index contributed by atoms with van der Waals surface area (Å²) in [7, 11) is 0. The van der Waals surface area contributed by atoms with E-state index >= 15 is 0 Å². The zero-order chi connectivity index (χ0) is 17.2. The number of amides is 1. The largest absolute Gasteiger partial charge is 0.352 e. The summed E-state index contributed by atoms with van der Waals surface area (Å²) in [6.45, 7) is -0.0717. The molecule has 4 rings (SSSR count). The number of hydrogen-bond donors (Lipinski definition) is 1. The van der Waals surface area contributed by atoms with Gasteiger partial charge in [-0.15, -0.1) is 0 Å². The molecule has 1 saturated carbocycles. The standard InChI is InChI=1S/C18H19N5O2/c24-17(20-14-8-4-5-9-14)11-22-18(25)16-10-15(21-23(16)12-19-22)13-6-2-1-3-7-13/h1-3,6-7,10,12,14H,4-5,8-9,11H2,(H,20,24). The Morgan fingerprint density at radius 3 is 2.72 bits per heavy atom. The molecule has 1 N–H and O–H groups in total. The third-order valence-corrected chi connectivity index (χ3v) is 4.57. The zero-order valence-electron chi connectivity index (χ0n) is 13.8. The van der Waals surface area contributed by atoms with Crippen molar-refractivity contribution in [2.45, 2.75) is 38.3 Å². The van der Waals surface area contributed by atoms with Gasteiger partial charge in [-0.05, 0) is 18.9 Å². The van der Waals surface area contributed by atoms with E-state index in [4.69, 9.17) is 0 Å². The highest BCUT2D eigenvalue weighted by atomic mass is 16.2. The van der Waals surface area contributed by atoms with Crippen molar-refractivity contribution in [3.8, 4) is 11.3 Å². The lowest BCUT2D eigenvalue weighted by molar-refractivity contribution is -0.122. The molecule has 1 amide bonds. The SMILES string of the molecule is O=C(Cn1ncn2nc(-c3ccccc3)cc2c1=O)NC1CCCC1. The number of aromatic nitrogens is 4. The van der Waals surface area contributed by atoms with Crippen LogP contribution in [0, 0.1) is 0 Å². The van der Waals surface area contributed by atoms with Crippen LogP contribution in [0.4, 0.5) is 0 Å². The van der Waals surface area contributed by atoms with Crippen molar-refractivity contribution < 1.29 is 4.79 Å². The normalized spacial score (nSPS) is 14.9. The van der Waals surface area contributed by atoms with Gasteiger partial charge in [-0.1, -0.05) is 43.2 Å². The van der Waals surface area contributed by atoms with Crippen LogP contribution in [0.15, 0.2) is 47.5 Å². The van der Waals surface area contributed by atoms with Gasteiger partial charge in [0.15, 0.2) is 0 Å². The fourth-order valence-electron chi connectivity index (χ4n) is 3.28. The maximum absolute atomic E-state index is 12.6. The van der Waals surface area contributed by atoms with E-state index in [1.165, 1.54) is 15.5 Å². The number of hydrogen-bond acceptors (Lipinski definition) is 4. The van der Waals surface area contributed by atoms with Crippen LogP contribution in [0.3, 0.4) is 0 Å². The van der Waals surface area contributed by atoms with E-state index in [0.29, 0.717) is 11.2 Å². The van der Waals surface area contributed by atoms with Crippen molar-refractivity contribution in [3.05, 3.63) is 53.1 Å². The molecule has 1 aromatic carbocycles. The van der Waals surface area contributed by atoms with E-state index in [2.05, 4.69) is 15.5 Å². The monoisotopic (exact) mass is 337 g/mol. The van der Waals surface area contributed by atoms with Crippen LogP contribution in [0.25, 0.3) is 16.8 Å². The van der Waals surface area contributed by atoms with Gasteiger partial charge in [0.1, 0.15) is 18.4 Å². The maximum atomic E-state index is 12.6. The third-order valence-electron chi connectivity index (χ3n) is 4.57. The molecule has 0 bridgehead atoms. The summed E-state index contributed by atoms with van der Waals surface area (Å²) in [6.07, 6.45) is 5.78. The van der Waals surface area contributed by atoms with Crippen LogP contribution in [0.1, 0.15) is 25.7 Å². The number of carbonyl (C=O) groups is 1. The molecule has 0 unspecified atom stereocenters. The highest BCUT2D eigenvalue weighted by Gasteiger charge is 2.18. The molecule has 3 aromatic rings. The van der Waals surface area contributed by atoms with E-state index in [9.17, 15) is 9.59 Å². The average molecular weight is 337 g/mol. The van der Waals surface area contributed by atoms with E-state index in [1.54, 1.807) is 6.07 Å². The van der Waals surface area contributed by atoms with Gasteiger partial charge in [-0.25, -0.2) is 9.20 Å². The molecule has 1 aliphatic rings. The highest BCUT2D eigenvalue weighted by Crippen LogP contribution is 2.18. The first kappa shape index (κ1) is 15.6. The van der Waals surface area contributed by atoms with Gasteiger partial charge in [0.2, 0.25) is 5.91 Å². The maximum Gasteiger partial charge on any atom is 0.293 e. The predicted octanol–water partition coefficient (Wildman–Crippen LogP) is 1.62. The lowest BCUT2D eigenvalue weighted by Crippen LogP contribution is -2.38. The van der Waals surface area contributed by atoms with Gasteiger partial charge >= 0.3 is 0 Å². The van der Waals surface area contributed by atoms with Crippen molar-refractivity contribution in [2.75, 3.05) is 0 Å². The van der Waals surface area contributed by atoms with E-state index in [-0.39, 0.29) is 24.1 Å². The second-order valence-corrected chi connectivity index (χ2v) is 6.37. The molecule has 0 saturated heterocycles.